The van der Waals surface area contributed by atoms with Crippen LogP contribution in [-0.4, -0.2) is 19.3 Å². The van der Waals surface area contributed by atoms with Gasteiger partial charge in [-0.1, -0.05) is 18.2 Å². The van der Waals surface area contributed by atoms with Crippen molar-refractivity contribution in [3.63, 3.8) is 0 Å². The summed E-state index contributed by atoms with van der Waals surface area (Å²) in [6.45, 7) is 1.53. The van der Waals surface area contributed by atoms with Gasteiger partial charge in [-0.2, -0.15) is 0 Å². The predicted molar refractivity (Wildman–Crippen MR) is 83.9 cm³/mol. The third-order valence-corrected chi connectivity index (χ3v) is 4.09. The first-order chi connectivity index (χ1) is 10.3. The molecule has 0 spiro atoms. The van der Waals surface area contributed by atoms with Crippen LogP contribution in [0.25, 0.3) is 0 Å². The molecular formula is C15H17N3O2S. The van der Waals surface area contributed by atoms with Crippen LogP contribution in [0.1, 0.15) is 10.4 Å². The number of para-hydroxylation sites is 1. The first-order valence-corrected chi connectivity index (χ1v) is 7.64. The van der Waals surface area contributed by atoms with Crippen LogP contribution in [0.3, 0.4) is 0 Å². The van der Waals surface area contributed by atoms with Crippen molar-refractivity contribution in [1.82, 2.24) is 5.32 Å². The Labute approximate surface area is 127 Å². The predicted octanol–water partition coefficient (Wildman–Crippen LogP) is 2.12. The van der Waals surface area contributed by atoms with Crippen LogP contribution in [0.15, 0.2) is 40.7 Å². The molecule has 0 radical (unpaired) electrons. The molecule has 0 saturated carbocycles. The second-order valence-electron chi connectivity index (χ2n) is 4.61. The standard InChI is InChI=1S/C15H17N3O2S/c16-15(17-7-6-12-4-2-8-21-12)18-9-11-3-1-5-13-14(11)20-10-19-13/h1-5,8H,6-7,9-10H2,(H3,16,17,18). The summed E-state index contributed by atoms with van der Waals surface area (Å²) in [5, 5.41) is 5.20. The van der Waals surface area contributed by atoms with Crippen molar-refractivity contribution in [1.29, 1.82) is 0 Å². The first-order valence-electron chi connectivity index (χ1n) is 6.76. The summed E-state index contributed by atoms with van der Waals surface area (Å²) < 4.78 is 10.8. The molecule has 5 nitrogen and oxygen atoms in total. The SMILES string of the molecule is NC(=NCc1cccc2c1OCO2)NCCc1cccs1. The highest BCUT2D eigenvalue weighted by atomic mass is 32.1. The average Bonchev–Trinajstić information content (AvgIpc) is 3.16. The average molecular weight is 303 g/mol. The van der Waals surface area contributed by atoms with Crippen molar-refractivity contribution in [2.75, 3.05) is 13.3 Å². The number of fused-ring (bicyclic) bond motifs is 1. The highest BCUT2D eigenvalue weighted by Gasteiger charge is 2.16. The zero-order valence-electron chi connectivity index (χ0n) is 11.5. The minimum atomic E-state index is 0.268. The lowest BCUT2D eigenvalue weighted by atomic mass is 10.2. The molecule has 0 atom stereocenters. The number of benzene rings is 1. The van der Waals surface area contributed by atoms with E-state index in [1.54, 1.807) is 11.3 Å². The Morgan fingerprint density at radius 3 is 3.10 bits per heavy atom. The number of hydrogen-bond donors (Lipinski definition) is 2. The van der Waals surface area contributed by atoms with Crippen LogP contribution in [0.4, 0.5) is 0 Å². The monoisotopic (exact) mass is 303 g/mol. The highest BCUT2D eigenvalue weighted by Crippen LogP contribution is 2.35. The Balaban J connectivity index is 1.52. The molecule has 1 aromatic heterocycles. The molecule has 110 valence electrons. The topological polar surface area (TPSA) is 68.9 Å². The maximum Gasteiger partial charge on any atom is 0.231 e. The minimum Gasteiger partial charge on any atom is -0.454 e. The van der Waals surface area contributed by atoms with Crippen LogP contribution in [0.5, 0.6) is 11.5 Å². The van der Waals surface area contributed by atoms with Crippen LogP contribution >= 0.6 is 11.3 Å². The summed E-state index contributed by atoms with van der Waals surface area (Å²) in [6, 6.07) is 9.95. The van der Waals surface area contributed by atoms with Gasteiger partial charge in [-0.3, -0.25) is 0 Å². The van der Waals surface area contributed by atoms with Crippen molar-refractivity contribution in [2.45, 2.75) is 13.0 Å². The molecule has 0 fully saturated rings. The second-order valence-corrected chi connectivity index (χ2v) is 5.64. The van der Waals surface area contributed by atoms with Gasteiger partial charge >= 0.3 is 0 Å². The van der Waals surface area contributed by atoms with E-state index in [0.29, 0.717) is 12.5 Å². The molecule has 2 heterocycles. The summed E-state index contributed by atoms with van der Waals surface area (Å²) in [4.78, 5) is 5.68. The summed E-state index contributed by atoms with van der Waals surface area (Å²) in [5.74, 6) is 1.99. The summed E-state index contributed by atoms with van der Waals surface area (Å²) in [5.41, 5.74) is 6.86. The van der Waals surface area contributed by atoms with Crippen LogP contribution in [0, 0.1) is 0 Å². The van der Waals surface area contributed by atoms with E-state index in [1.165, 1.54) is 4.88 Å². The maximum absolute atomic E-state index is 5.88. The van der Waals surface area contributed by atoms with Crippen molar-refractivity contribution < 1.29 is 9.47 Å². The van der Waals surface area contributed by atoms with E-state index in [-0.39, 0.29) is 6.79 Å². The van der Waals surface area contributed by atoms with Crippen molar-refractivity contribution in [3.05, 3.63) is 46.2 Å². The summed E-state index contributed by atoms with van der Waals surface area (Å²) in [6.07, 6.45) is 0.950. The van der Waals surface area contributed by atoms with Crippen LogP contribution < -0.4 is 20.5 Å². The number of nitrogens with two attached hydrogens (primary N) is 1. The molecule has 0 aliphatic carbocycles. The third-order valence-electron chi connectivity index (χ3n) is 3.16. The minimum absolute atomic E-state index is 0.268. The number of ether oxygens (including phenoxy) is 2. The van der Waals surface area contributed by atoms with E-state index in [9.17, 15) is 0 Å². The Bertz CT molecular complexity index is 626. The number of nitrogens with one attached hydrogen (secondary N) is 1. The lowest BCUT2D eigenvalue weighted by molar-refractivity contribution is 0.173. The molecule has 0 saturated heterocycles. The zero-order chi connectivity index (χ0) is 14.5. The smallest absolute Gasteiger partial charge is 0.231 e. The molecule has 0 bridgehead atoms. The molecule has 2 aromatic rings. The van der Waals surface area contributed by atoms with E-state index < -0.39 is 0 Å². The molecule has 3 rings (SSSR count). The fourth-order valence-corrected chi connectivity index (χ4v) is 2.82. The van der Waals surface area contributed by atoms with E-state index in [4.69, 9.17) is 15.2 Å². The third kappa shape index (κ3) is 3.46. The van der Waals surface area contributed by atoms with Gasteiger partial charge in [-0.25, -0.2) is 4.99 Å². The highest BCUT2D eigenvalue weighted by molar-refractivity contribution is 7.09. The molecule has 1 aliphatic rings. The normalized spacial score (nSPS) is 13.4. The Morgan fingerprint density at radius 2 is 2.24 bits per heavy atom. The van der Waals surface area contributed by atoms with Crippen molar-refractivity contribution >= 4 is 17.3 Å². The van der Waals surface area contributed by atoms with E-state index >= 15 is 0 Å². The number of nitrogens with zero attached hydrogens (tertiary/aromatic N) is 1. The number of aliphatic imine (C=N–C) groups is 1. The second kappa shape index (κ2) is 6.49. The molecule has 6 heteroatoms. The Morgan fingerprint density at radius 1 is 1.29 bits per heavy atom. The van der Waals surface area contributed by atoms with Gasteiger partial charge in [-0.05, 0) is 23.9 Å². The zero-order valence-corrected chi connectivity index (χ0v) is 12.4. The summed E-state index contributed by atoms with van der Waals surface area (Å²) in [7, 11) is 0. The molecular weight excluding hydrogens is 286 g/mol. The van der Waals surface area contributed by atoms with E-state index in [1.807, 2.05) is 18.2 Å². The lowest BCUT2D eigenvalue weighted by Gasteiger charge is -2.06. The largest absolute Gasteiger partial charge is 0.454 e. The molecule has 0 amide bonds. The maximum atomic E-state index is 5.88. The first kappa shape index (κ1) is 13.8. The van der Waals surface area contributed by atoms with E-state index in [2.05, 4.69) is 27.8 Å². The van der Waals surface area contributed by atoms with Crippen molar-refractivity contribution in [2.24, 2.45) is 10.7 Å². The Kier molecular flexibility index (Phi) is 4.25. The molecule has 3 N–H and O–H groups in total. The lowest BCUT2D eigenvalue weighted by Crippen LogP contribution is -2.33. The van der Waals surface area contributed by atoms with Gasteiger partial charge in [0.25, 0.3) is 0 Å². The van der Waals surface area contributed by atoms with Gasteiger partial charge in [0.15, 0.2) is 17.5 Å². The van der Waals surface area contributed by atoms with Gasteiger partial charge in [-0.15, -0.1) is 11.3 Å². The molecule has 1 aliphatic heterocycles. The van der Waals surface area contributed by atoms with E-state index in [0.717, 1.165) is 30.0 Å². The Hall–Kier alpha value is -2.21. The fourth-order valence-electron chi connectivity index (χ4n) is 2.11. The number of hydrogen-bond acceptors (Lipinski definition) is 4. The quantitative estimate of drug-likeness (QED) is 0.656. The van der Waals surface area contributed by atoms with Crippen LogP contribution in [-0.2, 0) is 13.0 Å². The molecule has 0 unspecified atom stereocenters. The van der Waals surface area contributed by atoms with Gasteiger partial charge < -0.3 is 20.5 Å². The molecule has 1 aromatic carbocycles. The van der Waals surface area contributed by atoms with Gasteiger partial charge in [0.1, 0.15) is 0 Å². The number of guanidine groups is 1. The number of thiophene rings is 1. The number of rotatable bonds is 5. The summed E-state index contributed by atoms with van der Waals surface area (Å²) >= 11 is 1.75. The van der Waals surface area contributed by atoms with Gasteiger partial charge in [0.05, 0.1) is 6.54 Å². The van der Waals surface area contributed by atoms with Crippen molar-refractivity contribution in [3.8, 4) is 11.5 Å². The van der Waals surface area contributed by atoms with Gasteiger partial charge in [0.2, 0.25) is 6.79 Å². The van der Waals surface area contributed by atoms with Gasteiger partial charge in [0, 0.05) is 17.0 Å². The molecule has 21 heavy (non-hydrogen) atoms. The fraction of sp³-hybridized carbons (Fsp3) is 0.267. The van der Waals surface area contributed by atoms with Crippen LogP contribution in [0.2, 0.25) is 0 Å².